The summed E-state index contributed by atoms with van der Waals surface area (Å²) in [5.41, 5.74) is 0. The highest BCUT2D eigenvalue weighted by Gasteiger charge is 2.30. The largest absolute Gasteiger partial charge is 0.319 e. The highest BCUT2D eigenvalue weighted by molar-refractivity contribution is 7.98. The standard InChI is InChI=1S/C12H15F2N5S/c1-2-18-10(8-3-4-8)16-17-12(18)20-7-9-15-5-6-19(9)11(13)14/h5-6,8,11H,2-4,7H2,1H3. The van der Waals surface area contributed by atoms with Gasteiger partial charge in [-0.3, -0.25) is 4.57 Å². The number of imidazole rings is 1. The van der Waals surface area contributed by atoms with Crippen molar-refractivity contribution in [1.82, 2.24) is 24.3 Å². The number of thioether (sulfide) groups is 1. The summed E-state index contributed by atoms with van der Waals surface area (Å²) in [5.74, 6) is 2.26. The zero-order chi connectivity index (χ0) is 14.1. The van der Waals surface area contributed by atoms with Crippen LogP contribution >= 0.6 is 11.8 Å². The molecular formula is C12H15F2N5S. The summed E-state index contributed by atoms with van der Waals surface area (Å²) in [4.78, 5) is 3.97. The van der Waals surface area contributed by atoms with Gasteiger partial charge in [0, 0.05) is 24.9 Å². The summed E-state index contributed by atoms with van der Waals surface area (Å²) in [6, 6.07) is 0. The molecule has 1 aliphatic rings. The van der Waals surface area contributed by atoms with Gasteiger partial charge in [0.25, 0.3) is 0 Å². The van der Waals surface area contributed by atoms with Gasteiger partial charge in [-0.1, -0.05) is 11.8 Å². The third-order valence-corrected chi connectivity index (χ3v) is 4.26. The van der Waals surface area contributed by atoms with E-state index in [2.05, 4.69) is 19.7 Å². The third kappa shape index (κ3) is 2.56. The summed E-state index contributed by atoms with van der Waals surface area (Å²) < 4.78 is 28.4. The van der Waals surface area contributed by atoms with Crippen LogP contribution in [0.25, 0.3) is 0 Å². The zero-order valence-electron chi connectivity index (χ0n) is 11.0. The van der Waals surface area contributed by atoms with Gasteiger partial charge in [0.2, 0.25) is 0 Å². The van der Waals surface area contributed by atoms with Gasteiger partial charge in [0.05, 0.1) is 5.75 Å². The molecule has 0 atom stereocenters. The molecule has 0 aliphatic heterocycles. The first-order valence-corrected chi connectivity index (χ1v) is 7.55. The molecule has 0 spiro atoms. The first-order valence-electron chi connectivity index (χ1n) is 6.56. The Hall–Kier alpha value is -1.44. The fourth-order valence-electron chi connectivity index (χ4n) is 2.11. The van der Waals surface area contributed by atoms with Gasteiger partial charge in [0.15, 0.2) is 5.16 Å². The van der Waals surface area contributed by atoms with E-state index < -0.39 is 6.55 Å². The van der Waals surface area contributed by atoms with Gasteiger partial charge < -0.3 is 4.57 Å². The molecule has 0 unspecified atom stereocenters. The number of alkyl halides is 2. The number of hydrogen-bond donors (Lipinski definition) is 0. The van der Waals surface area contributed by atoms with Gasteiger partial charge in [-0.15, -0.1) is 10.2 Å². The van der Waals surface area contributed by atoms with E-state index >= 15 is 0 Å². The minimum absolute atomic E-state index is 0.351. The van der Waals surface area contributed by atoms with Crippen molar-refractivity contribution in [2.75, 3.05) is 0 Å². The van der Waals surface area contributed by atoms with E-state index in [-0.39, 0.29) is 0 Å². The molecule has 1 aliphatic carbocycles. The third-order valence-electron chi connectivity index (χ3n) is 3.29. The molecule has 20 heavy (non-hydrogen) atoms. The van der Waals surface area contributed by atoms with E-state index in [4.69, 9.17) is 0 Å². The van der Waals surface area contributed by atoms with Crippen molar-refractivity contribution < 1.29 is 8.78 Å². The molecule has 0 aromatic carbocycles. The summed E-state index contributed by atoms with van der Waals surface area (Å²) in [5, 5.41) is 9.17. The first-order chi connectivity index (χ1) is 9.70. The lowest BCUT2D eigenvalue weighted by molar-refractivity contribution is 0.0678. The highest BCUT2D eigenvalue weighted by atomic mass is 32.2. The zero-order valence-corrected chi connectivity index (χ0v) is 11.9. The van der Waals surface area contributed by atoms with Crippen LogP contribution in [0.5, 0.6) is 0 Å². The molecule has 0 N–H and O–H groups in total. The molecule has 1 saturated carbocycles. The van der Waals surface area contributed by atoms with E-state index in [0.29, 0.717) is 17.5 Å². The molecule has 1 fully saturated rings. The van der Waals surface area contributed by atoms with Crippen molar-refractivity contribution in [3.8, 4) is 0 Å². The Morgan fingerprint density at radius 2 is 2.20 bits per heavy atom. The van der Waals surface area contributed by atoms with Crippen LogP contribution < -0.4 is 0 Å². The number of hydrogen-bond acceptors (Lipinski definition) is 4. The first kappa shape index (κ1) is 13.5. The monoisotopic (exact) mass is 299 g/mol. The maximum atomic E-state index is 12.7. The van der Waals surface area contributed by atoms with E-state index in [0.717, 1.165) is 22.1 Å². The predicted molar refractivity (Wildman–Crippen MR) is 70.7 cm³/mol. The maximum Gasteiger partial charge on any atom is 0.319 e. The van der Waals surface area contributed by atoms with Crippen molar-refractivity contribution in [1.29, 1.82) is 0 Å². The maximum absolute atomic E-state index is 12.7. The Labute approximate surface area is 119 Å². The summed E-state index contributed by atoms with van der Waals surface area (Å²) >= 11 is 1.40. The average Bonchev–Trinajstić information content (AvgIpc) is 3.03. The van der Waals surface area contributed by atoms with Crippen LogP contribution in [0.15, 0.2) is 17.6 Å². The lowest BCUT2D eigenvalue weighted by Crippen LogP contribution is -2.04. The second kappa shape index (κ2) is 5.51. The highest BCUT2D eigenvalue weighted by Crippen LogP contribution is 2.40. The van der Waals surface area contributed by atoms with Gasteiger partial charge in [-0.2, -0.15) is 8.78 Å². The Morgan fingerprint density at radius 3 is 2.85 bits per heavy atom. The van der Waals surface area contributed by atoms with Crippen LogP contribution in [-0.4, -0.2) is 24.3 Å². The smallest absolute Gasteiger partial charge is 0.306 e. The van der Waals surface area contributed by atoms with Crippen LogP contribution in [0, 0.1) is 0 Å². The molecule has 3 rings (SSSR count). The Morgan fingerprint density at radius 1 is 1.40 bits per heavy atom. The predicted octanol–water partition coefficient (Wildman–Crippen LogP) is 3.06. The minimum Gasteiger partial charge on any atom is -0.306 e. The fourth-order valence-corrected chi connectivity index (χ4v) is 3.07. The number of rotatable bonds is 6. The number of nitrogens with zero attached hydrogens (tertiary/aromatic N) is 5. The second-order valence-corrected chi connectivity index (χ2v) is 5.62. The fraction of sp³-hybridized carbons (Fsp3) is 0.583. The van der Waals surface area contributed by atoms with E-state index in [1.807, 2.05) is 6.92 Å². The molecule has 2 aromatic heterocycles. The lowest BCUT2D eigenvalue weighted by atomic mass is 10.4. The van der Waals surface area contributed by atoms with Crippen LogP contribution in [0.3, 0.4) is 0 Å². The van der Waals surface area contributed by atoms with E-state index in [9.17, 15) is 8.78 Å². The van der Waals surface area contributed by atoms with Crippen molar-refractivity contribution >= 4 is 11.8 Å². The van der Waals surface area contributed by atoms with Crippen LogP contribution in [-0.2, 0) is 12.3 Å². The van der Waals surface area contributed by atoms with Crippen molar-refractivity contribution in [2.24, 2.45) is 0 Å². The normalized spacial score (nSPS) is 15.2. The molecule has 0 saturated heterocycles. The van der Waals surface area contributed by atoms with Gasteiger partial charge in [-0.25, -0.2) is 4.98 Å². The molecule has 2 aromatic rings. The summed E-state index contributed by atoms with van der Waals surface area (Å²) in [6.07, 6.45) is 5.01. The minimum atomic E-state index is -2.56. The van der Waals surface area contributed by atoms with Crippen molar-refractivity contribution in [3.63, 3.8) is 0 Å². The van der Waals surface area contributed by atoms with Crippen LogP contribution in [0.4, 0.5) is 8.78 Å². The molecule has 2 heterocycles. The Kier molecular flexibility index (Phi) is 3.73. The average molecular weight is 299 g/mol. The van der Waals surface area contributed by atoms with Crippen LogP contribution in [0.2, 0.25) is 0 Å². The number of halogens is 2. The molecule has 108 valence electrons. The number of aromatic nitrogens is 5. The molecule has 0 amide bonds. The summed E-state index contributed by atoms with van der Waals surface area (Å²) in [7, 11) is 0. The van der Waals surface area contributed by atoms with Gasteiger partial charge in [-0.05, 0) is 19.8 Å². The lowest BCUT2D eigenvalue weighted by Gasteiger charge is -2.07. The van der Waals surface area contributed by atoms with Crippen molar-refractivity contribution in [3.05, 3.63) is 24.0 Å². The Bertz CT molecular complexity index is 590. The van der Waals surface area contributed by atoms with E-state index in [1.165, 1.54) is 37.0 Å². The molecular weight excluding hydrogens is 284 g/mol. The van der Waals surface area contributed by atoms with Gasteiger partial charge in [0.1, 0.15) is 11.6 Å². The topological polar surface area (TPSA) is 48.5 Å². The SMILES string of the molecule is CCn1c(SCc2nccn2C(F)F)nnc1C1CC1. The molecule has 5 nitrogen and oxygen atoms in total. The Balaban J connectivity index is 1.73. The second-order valence-electron chi connectivity index (χ2n) is 4.68. The van der Waals surface area contributed by atoms with Gasteiger partial charge >= 0.3 is 6.55 Å². The van der Waals surface area contributed by atoms with Crippen molar-refractivity contribution in [2.45, 2.75) is 49.7 Å². The summed E-state index contributed by atoms with van der Waals surface area (Å²) in [6.45, 7) is 0.281. The van der Waals surface area contributed by atoms with E-state index in [1.54, 1.807) is 0 Å². The molecule has 8 heteroatoms. The molecule has 0 radical (unpaired) electrons. The molecule has 0 bridgehead atoms. The quantitative estimate of drug-likeness (QED) is 0.769. The van der Waals surface area contributed by atoms with Crippen LogP contribution in [0.1, 0.15) is 43.9 Å².